The average molecular weight is 392 g/mol. The summed E-state index contributed by atoms with van der Waals surface area (Å²) >= 11 is 6.07. The molecule has 8 heteroatoms. The Bertz CT molecular complexity index is 802. The number of urea groups is 1. The minimum Gasteiger partial charge on any atom is -0.493 e. The Hall–Kier alpha value is -2.67. The highest BCUT2D eigenvalue weighted by Crippen LogP contribution is 2.28. The zero-order valence-corrected chi connectivity index (χ0v) is 16.0. The Labute approximate surface area is 163 Å². The lowest BCUT2D eigenvalue weighted by atomic mass is 10.2. The van der Waals surface area contributed by atoms with Crippen LogP contribution in [0.25, 0.3) is 0 Å². The summed E-state index contributed by atoms with van der Waals surface area (Å²) in [6, 6.07) is 7.15. The van der Waals surface area contributed by atoms with Crippen LogP contribution >= 0.6 is 11.6 Å². The number of nitrogens with one attached hydrogen (secondary N) is 1. The number of halogens is 1. The molecule has 1 aliphatic heterocycles. The van der Waals surface area contributed by atoms with Crippen LogP contribution in [0.5, 0.6) is 17.2 Å². The van der Waals surface area contributed by atoms with Gasteiger partial charge in [0.15, 0.2) is 11.5 Å². The van der Waals surface area contributed by atoms with Crippen LogP contribution in [0, 0.1) is 0 Å². The van der Waals surface area contributed by atoms with E-state index in [2.05, 4.69) is 10.3 Å². The molecule has 1 atom stereocenters. The Balaban J connectivity index is 1.51. The quantitative estimate of drug-likeness (QED) is 0.819. The summed E-state index contributed by atoms with van der Waals surface area (Å²) in [6.45, 7) is 1.54. The lowest BCUT2D eigenvalue weighted by molar-refractivity contribution is 0.186. The van der Waals surface area contributed by atoms with Gasteiger partial charge in [0.2, 0.25) is 0 Å². The van der Waals surface area contributed by atoms with Gasteiger partial charge in [0.1, 0.15) is 16.9 Å². The molecule has 7 nitrogen and oxygen atoms in total. The van der Waals surface area contributed by atoms with E-state index in [0.29, 0.717) is 41.9 Å². The predicted molar refractivity (Wildman–Crippen MR) is 102 cm³/mol. The van der Waals surface area contributed by atoms with E-state index < -0.39 is 0 Å². The molecule has 27 heavy (non-hydrogen) atoms. The standard InChI is InChI=1S/C19H22ClN3O4/c1-25-17-4-3-13(9-18(17)26-2)10-22-19(24)23-8-6-14(12-23)27-16-5-7-21-11-15(16)20/h3-5,7,9,11,14H,6,8,10,12H2,1-2H3,(H,22,24)/t14-/m1/s1. The Kier molecular flexibility index (Phi) is 6.24. The monoisotopic (exact) mass is 391 g/mol. The third kappa shape index (κ3) is 4.74. The van der Waals surface area contributed by atoms with Gasteiger partial charge in [-0.3, -0.25) is 4.98 Å². The number of amides is 2. The van der Waals surface area contributed by atoms with Gasteiger partial charge in [-0.05, 0) is 17.7 Å². The second-order valence-electron chi connectivity index (χ2n) is 6.13. The number of ether oxygens (including phenoxy) is 3. The number of benzene rings is 1. The number of nitrogens with zero attached hydrogens (tertiary/aromatic N) is 2. The zero-order valence-electron chi connectivity index (χ0n) is 15.3. The molecule has 3 rings (SSSR count). The molecule has 0 unspecified atom stereocenters. The first-order valence-electron chi connectivity index (χ1n) is 8.60. The SMILES string of the molecule is COc1ccc(CNC(=O)N2CC[C@@H](Oc3ccncc3Cl)C2)cc1OC. The predicted octanol–water partition coefficient (Wildman–Crippen LogP) is 3.12. The minimum absolute atomic E-state index is 0.0864. The van der Waals surface area contributed by atoms with E-state index in [4.69, 9.17) is 25.8 Å². The second-order valence-corrected chi connectivity index (χ2v) is 6.54. The smallest absolute Gasteiger partial charge is 0.317 e. The van der Waals surface area contributed by atoms with E-state index in [0.717, 1.165) is 12.0 Å². The number of hydrogen-bond donors (Lipinski definition) is 1. The van der Waals surface area contributed by atoms with Crippen LogP contribution in [-0.2, 0) is 6.54 Å². The zero-order chi connectivity index (χ0) is 19.2. The maximum atomic E-state index is 12.4. The number of aromatic nitrogens is 1. The molecular formula is C19H22ClN3O4. The first-order chi connectivity index (χ1) is 13.1. The van der Waals surface area contributed by atoms with Gasteiger partial charge in [0.25, 0.3) is 0 Å². The molecule has 1 fully saturated rings. The van der Waals surface area contributed by atoms with E-state index in [1.165, 1.54) is 0 Å². The topological polar surface area (TPSA) is 72.9 Å². The molecule has 0 saturated carbocycles. The highest BCUT2D eigenvalue weighted by Gasteiger charge is 2.28. The molecule has 1 aliphatic rings. The molecule has 2 amide bonds. The number of hydrogen-bond acceptors (Lipinski definition) is 5. The molecule has 0 aliphatic carbocycles. The summed E-state index contributed by atoms with van der Waals surface area (Å²) in [7, 11) is 3.17. The number of carbonyl (C=O) groups is 1. The number of methoxy groups -OCH3 is 2. The van der Waals surface area contributed by atoms with Crippen molar-refractivity contribution in [3.05, 3.63) is 47.2 Å². The molecule has 1 saturated heterocycles. The minimum atomic E-state index is -0.128. The summed E-state index contributed by atoms with van der Waals surface area (Å²) in [6.07, 6.45) is 3.84. The molecule has 1 aromatic heterocycles. The fraction of sp³-hybridized carbons (Fsp3) is 0.368. The van der Waals surface area contributed by atoms with Crippen molar-refractivity contribution < 1.29 is 19.0 Å². The summed E-state index contributed by atoms with van der Waals surface area (Å²) in [5.74, 6) is 1.87. The summed E-state index contributed by atoms with van der Waals surface area (Å²) in [4.78, 5) is 18.1. The summed E-state index contributed by atoms with van der Waals surface area (Å²) in [5, 5.41) is 3.39. The van der Waals surface area contributed by atoms with Gasteiger partial charge in [-0.25, -0.2) is 4.79 Å². The van der Waals surface area contributed by atoms with Crippen molar-refractivity contribution in [2.45, 2.75) is 19.1 Å². The summed E-state index contributed by atoms with van der Waals surface area (Å²) in [5.41, 5.74) is 0.927. The van der Waals surface area contributed by atoms with Gasteiger partial charge in [0.05, 0.1) is 20.8 Å². The molecule has 0 spiro atoms. The van der Waals surface area contributed by atoms with Crippen LogP contribution in [0.1, 0.15) is 12.0 Å². The van der Waals surface area contributed by atoms with Gasteiger partial charge < -0.3 is 24.4 Å². The Morgan fingerprint density at radius 1 is 1.26 bits per heavy atom. The molecule has 2 aromatic rings. The van der Waals surface area contributed by atoms with Crippen LogP contribution in [0.3, 0.4) is 0 Å². The van der Waals surface area contributed by atoms with Crippen LogP contribution in [0.2, 0.25) is 5.02 Å². The molecule has 144 valence electrons. The third-order valence-electron chi connectivity index (χ3n) is 4.35. The number of pyridine rings is 1. The highest BCUT2D eigenvalue weighted by atomic mass is 35.5. The van der Waals surface area contributed by atoms with Crippen molar-refractivity contribution in [3.63, 3.8) is 0 Å². The van der Waals surface area contributed by atoms with Gasteiger partial charge in [0, 0.05) is 38.0 Å². The van der Waals surface area contributed by atoms with Crippen LogP contribution < -0.4 is 19.5 Å². The Morgan fingerprint density at radius 3 is 2.81 bits per heavy atom. The molecular weight excluding hydrogens is 370 g/mol. The number of carbonyl (C=O) groups excluding carboxylic acids is 1. The molecule has 1 aromatic carbocycles. The highest BCUT2D eigenvalue weighted by molar-refractivity contribution is 6.31. The van der Waals surface area contributed by atoms with Crippen molar-refractivity contribution in [1.29, 1.82) is 0 Å². The van der Waals surface area contributed by atoms with Crippen molar-refractivity contribution in [2.75, 3.05) is 27.3 Å². The number of rotatable bonds is 6. The van der Waals surface area contributed by atoms with Gasteiger partial charge >= 0.3 is 6.03 Å². The molecule has 1 N–H and O–H groups in total. The first-order valence-corrected chi connectivity index (χ1v) is 8.98. The fourth-order valence-electron chi connectivity index (χ4n) is 2.93. The Morgan fingerprint density at radius 2 is 2.07 bits per heavy atom. The molecule has 2 heterocycles. The van der Waals surface area contributed by atoms with E-state index in [9.17, 15) is 4.79 Å². The molecule has 0 radical (unpaired) electrons. The van der Waals surface area contributed by atoms with E-state index >= 15 is 0 Å². The largest absolute Gasteiger partial charge is 0.493 e. The van der Waals surface area contributed by atoms with Crippen molar-refractivity contribution in [1.82, 2.24) is 15.2 Å². The fourth-order valence-corrected chi connectivity index (χ4v) is 3.09. The van der Waals surface area contributed by atoms with E-state index in [-0.39, 0.29) is 12.1 Å². The average Bonchev–Trinajstić information content (AvgIpc) is 3.16. The number of likely N-dealkylation sites (tertiary alicyclic amines) is 1. The first kappa shape index (κ1) is 19.1. The van der Waals surface area contributed by atoms with Crippen LogP contribution in [-0.4, -0.2) is 49.3 Å². The van der Waals surface area contributed by atoms with Crippen LogP contribution in [0.15, 0.2) is 36.7 Å². The molecule has 0 bridgehead atoms. The van der Waals surface area contributed by atoms with E-state index in [1.807, 2.05) is 18.2 Å². The van der Waals surface area contributed by atoms with Crippen molar-refractivity contribution in [2.24, 2.45) is 0 Å². The summed E-state index contributed by atoms with van der Waals surface area (Å²) < 4.78 is 16.4. The third-order valence-corrected chi connectivity index (χ3v) is 4.64. The normalized spacial score (nSPS) is 16.1. The second kappa shape index (κ2) is 8.81. The van der Waals surface area contributed by atoms with Gasteiger partial charge in [-0.2, -0.15) is 0 Å². The van der Waals surface area contributed by atoms with Crippen LogP contribution in [0.4, 0.5) is 4.79 Å². The van der Waals surface area contributed by atoms with Gasteiger partial charge in [-0.15, -0.1) is 0 Å². The maximum Gasteiger partial charge on any atom is 0.317 e. The lowest BCUT2D eigenvalue weighted by Crippen LogP contribution is -2.39. The maximum absolute atomic E-state index is 12.4. The van der Waals surface area contributed by atoms with Crippen molar-refractivity contribution in [3.8, 4) is 17.2 Å². The van der Waals surface area contributed by atoms with Crippen molar-refractivity contribution >= 4 is 17.6 Å². The van der Waals surface area contributed by atoms with E-state index in [1.54, 1.807) is 37.6 Å². The van der Waals surface area contributed by atoms with Gasteiger partial charge in [-0.1, -0.05) is 17.7 Å². The lowest BCUT2D eigenvalue weighted by Gasteiger charge is -2.18.